The standard InChI is InChI=1S/C6H13NO.3C2H6.CH4/c1-4-6(7-3)5(2)8;3*1-2;/h6-7H,4H2,1-3H3;3*1-2H3;1H4. The third-order valence-electron chi connectivity index (χ3n) is 1.25. The molecule has 98 valence electrons. The molecule has 0 aromatic carbocycles. The molecule has 0 saturated carbocycles. The molecule has 1 N–H and O–H groups in total. The van der Waals surface area contributed by atoms with E-state index in [1.807, 2.05) is 48.5 Å². The van der Waals surface area contributed by atoms with Crippen LogP contribution in [0.3, 0.4) is 0 Å². The molecule has 15 heavy (non-hydrogen) atoms. The number of ketones is 1. The van der Waals surface area contributed by atoms with E-state index in [0.717, 1.165) is 6.42 Å². The quantitative estimate of drug-likeness (QED) is 0.770. The summed E-state index contributed by atoms with van der Waals surface area (Å²) in [6, 6.07) is 0.0648. The first-order chi connectivity index (χ1) is 6.72. The Labute approximate surface area is 98.9 Å². The van der Waals surface area contributed by atoms with Crippen LogP contribution in [0.1, 0.15) is 69.2 Å². The van der Waals surface area contributed by atoms with Crippen molar-refractivity contribution in [1.82, 2.24) is 5.32 Å². The van der Waals surface area contributed by atoms with Crippen LogP contribution >= 0.6 is 0 Å². The molecule has 0 amide bonds. The van der Waals surface area contributed by atoms with E-state index in [0.29, 0.717) is 0 Å². The number of hydrogen-bond acceptors (Lipinski definition) is 2. The average Bonchev–Trinajstić information content (AvgIpc) is 2.28. The van der Waals surface area contributed by atoms with Gasteiger partial charge in [0.2, 0.25) is 0 Å². The normalized spacial score (nSPS) is 8.33. The number of Topliss-reactive ketones (excluding diaryl/α,β-unsaturated/α-hetero) is 1. The third-order valence-corrected chi connectivity index (χ3v) is 1.25. The SMILES string of the molecule is C.CC.CC.CC.CCC(NC)C(C)=O. The van der Waals surface area contributed by atoms with E-state index in [-0.39, 0.29) is 19.3 Å². The Morgan fingerprint density at radius 2 is 1.33 bits per heavy atom. The van der Waals surface area contributed by atoms with Crippen LogP contribution in [0, 0.1) is 0 Å². The van der Waals surface area contributed by atoms with E-state index in [1.165, 1.54) is 0 Å². The topological polar surface area (TPSA) is 29.1 Å². The fourth-order valence-electron chi connectivity index (χ4n) is 0.695. The zero-order valence-electron chi connectivity index (χ0n) is 11.7. The highest BCUT2D eigenvalue weighted by Gasteiger charge is 2.05. The summed E-state index contributed by atoms with van der Waals surface area (Å²) in [5.41, 5.74) is 0. The first-order valence-corrected chi connectivity index (χ1v) is 5.90. The van der Waals surface area contributed by atoms with E-state index in [2.05, 4.69) is 5.32 Å². The van der Waals surface area contributed by atoms with Crippen LogP contribution in [-0.4, -0.2) is 18.9 Å². The summed E-state index contributed by atoms with van der Waals surface area (Å²) in [7, 11) is 1.80. The highest BCUT2D eigenvalue weighted by molar-refractivity contribution is 5.81. The van der Waals surface area contributed by atoms with Crippen LogP contribution in [0.2, 0.25) is 0 Å². The van der Waals surface area contributed by atoms with Crippen molar-refractivity contribution in [3.05, 3.63) is 0 Å². The number of likely N-dealkylation sites (N-methyl/N-ethyl adjacent to an activating group) is 1. The van der Waals surface area contributed by atoms with Gasteiger partial charge >= 0.3 is 0 Å². The lowest BCUT2D eigenvalue weighted by molar-refractivity contribution is -0.118. The second-order valence-corrected chi connectivity index (χ2v) is 1.86. The van der Waals surface area contributed by atoms with Crippen LogP contribution in [0.15, 0.2) is 0 Å². The van der Waals surface area contributed by atoms with E-state index >= 15 is 0 Å². The molecule has 0 aliphatic carbocycles. The fraction of sp³-hybridized carbons (Fsp3) is 0.923. The van der Waals surface area contributed by atoms with Crippen molar-refractivity contribution >= 4 is 5.78 Å². The summed E-state index contributed by atoms with van der Waals surface area (Å²) in [6.07, 6.45) is 0.881. The van der Waals surface area contributed by atoms with Crippen molar-refractivity contribution in [2.45, 2.75) is 75.3 Å². The second kappa shape index (κ2) is 37.3. The number of carbonyl (C=O) groups is 1. The molecule has 0 radical (unpaired) electrons. The predicted octanol–water partition coefficient (Wildman–Crippen LogP) is 4.29. The van der Waals surface area contributed by atoms with Crippen LogP contribution in [0.25, 0.3) is 0 Å². The highest BCUT2D eigenvalue weighted by atomic mass is 16.1. The minimum absolute atomic E-state index is 0. The van der Waals surface area contributed by atoms with Gasteiger partial charge in [-0.2, -0.15) is 0 Å². The van der Waals surface area contributed by atoms with Crippen LogP contribution in [0.5, 0.6) is 0 Å². The van der Waals surface area contributed by atoms with Gasteiger partial charge in [0.15, 0.2) is 0 Å². The molecule has 0 aliphatic rings. The molecule has 2 nitrogen and oxygen atoms in total. The molecule has 0 aliphatic heterocycles. The Balaban J connectivity index is -0.0000000410. The van der Waals surface area contributed by atoms with E-state index in [4.69, 9.17) is 0 Å². The molecule has 0 aromatic heterocycles. The van der Waals surface area contributed by atoms with Crippen molar-refractivity contribution in [1.29, 1.82) is 0 Å². The van der Waals surface area contributed by atoms with Crippen LogP contribution < -0.4 is 5.32 Å². The monoisotopic (exact) mass is 221 g/mol. The Morgan fingerprint density at radius 3 is 1.33 bits per heavy atom. The zero-order chi connectivity index (χ0) is 12.6. The van der Waals surface area contributed by atoms with Gasteiger partial charge in [-0.3, -0.25) is 4.79 Å². The Hall–Kier alpha value is -0.370. The van der Waals surface area contributed by atoms with Crippen molar-refractivity contribution in [3.8, 4) is 0 Å². The molecule has 0 saturated heterocycles. The summed E-state index contributed by atoms with van der Waals surface area (Å²) >= 11 is 0. The van der Waals surface area contributed by atoms with Gasteiger partial charge < -0.3 is 5.32 Å². The zero-order valence-corrected chi connectivity index (χ0v) is 11.7. The largest absolute Gasteiger partial charge is 0.311 e. The molecule has 1 atom stereocenters. The van der Waals surface area contributed by atoms with Gasteiger partial charge in [0.05, 0.1) is 6.04 Å². The van der Waals surface area contributed by atoms with Gasteiger partial charge in [-0.25, -0.2) is 0 Å². The molecule has 0 fully saturated rings. The maximum atomic E-state index is 10.5. The lowest BCUT2D eigenvalue weighted by Crippen LogP contribution is -2.31. The minimum Gasteiger partial charge on any atom is -0.311 e. The molecule has 2 heteroatoms. The van der Waals surface area contributed by atoms with E-state index in [1.54, 1.807) is 14.0 Å². The summed E-state index contributed by atoms with van der Waals surface area (Å²) in [6.45, 7) is 15.6. The lowest BCUT2D eigenvalue weighted by Gasteiger charge is -2.07. The summed E-state index contributed by atoms with van der Waals surface area (Å²) in [5.74, 6) is 0.218. The van der Waals surface area contributed by atoms with Crippen LogP contribution in [-0.2, 0) is 4.79 Å². The average molecular weight is 221 g/mol. The van der Waals surface area contributed by atoms with Gasteiger partial charge in [0, 0.05) is 0 Å². The van der Waals surface area contributed by atoms with Gasteiger partial charge in [0.25, 0.3) is 0 Å². The van der Waals surface area contributed by atoms with Gasteiger partial charge in [-0.05, 0) is 20.4 Å². The number of nitrogens with one attached hydrogen (secondary N) is 1. The molecule has 0 aromatic rings. The Kier molecular flexibility index (Phi) is 73.0. The molecular formula is C13H35NO. The first-order valence-electron chi connectivity index (χ1n) is 5.90. The Bertz CT molecular complexity index is 78.6. The second-order valence-electron chi connectivity index (χ2n) is 1.86. The van der Waals surface area contributed by atoms with Gasteiger partial charge in [-0.15, -0.1) is 0 Å². The number of rotatable bonds is 3. The van der Waals surface area contributed by atoms with Crippen molar-refractivity contribution in [2.24, 2.45) is 0 Å². The first kappa shape index (κ1) is 29.3. The summed E-state index contributed by atoms with van der Waals surface area (Å²) in [5, 5.41) is 2.90. The molecule has 0 rings (SSSR count). The maximum Gasteiger partial charge on any atom is 0.146 e. The molecule has 1 unspecified atom stereocenters. The predicted molar refractivity (Wildman–Crippen MR) is 74.6 cm³/mol. The molecule has 0 bridgehead atoms. The highest BCUT2D eigenvalue weighted by Crippen LogP contribution is 1.88. The summed E-state index contributed by atoms with van der Waals surface area (Å²) in [4.78, 5) is 10.5. The maximum absolute atomic E-state index is 10.5. The van der Waals surface area contributed by atoms with E-state index < -0.39 is 0 Å². The van der Waals surface area contributed by atoms with Crippen LogP contribution in [0.4, 0.5) is 0 Å². The van der Waals surface area contributed by atoms with Gasteiger partial charge in [0.1, 0.15) is 5.78 Å². The Morgan fingerprint density at radius 1 is 1.07 bits per heavy atom. The smallest absolute Gasteiger partial charge is 0.146 e. The molecule has 0 heterocycles. The fourth-order valence-corrected chi connectivity index (χ4v) is 0.695. The van der Waals surface area contributed by atoms with Crippen molar-refractivity contribution in [2.75, 3.05) is 7.05 Å². The van der Waals surface area contributed by atoms with Gasteiger partial charge in [-0.1, -0.05) is 55.9 Å². The third kappa shape index (κ3) is 31.7. The van der Waals surface area contributed by atoms with Crippen molar-refractivity contribution in [3.63, 3.8) is 0 Å². The number of hydrogen-bond donors (Lipinski definition) is 1. The molecular weight excluding hydrogens is 186 g/mol. The number of carbonyl (C=O) groups excluding carboxylic acids is 1. The van der Waals surface area contributed by atoms with Crippen molar-refractivity contribution < 1.29 is 4.79 Å². The lowest BCUT2D eigenvalue weighted by atomic mass is 10.1. The molecule has 0 spiro atoms. The minimum atomic E-state index is 0. The van der Waals surface area contributed by atoms with E-state index in [9.17, 15) is 4.79 Å². The summed E-state index contributed by atoms with van der Waals surface area (Å²) < 4.78 is 0.